The molecule has 4 nitrogen and oxygen atoms in total. The molecule has 0 spiro atoms. The van der Waals surface area contributed by atoms with Gasteiger partial charge in [0.2, 0.25) is 5.91 Å². The molecule has 1 aliphatic carbocycles. The predicted molar refractivity (Wildman–Crippen MR) is 70.7 cm³/mol. The Morgan fingerprint density at radius 1 is 1.33 bits per heavy atom. The highest BCUT2D eigenvalue weighted by atomic mass is 16.2. The fourth-order valence-corrected chi connectivity index (χ4v) is 2.19. The second kappa shape index (κ2) is 3.70. The molecule has 0 atom stereocenters. The third-order valence-electron chi connectivity index (χ3n) is 3.35. The van der Waals surface area contributed by atoms with Gasteiger partial charge in [-0.1, -0.05) is 6.07 Å². The third-order valence-corrected chi connectivity index (χ3v) is 3.35. The van der Waals surface area contributed by atoms with Crippen LogP contribution in [0.4, 0.5) is 5.69 Å². The van der Waals surface area contributed by atoms with Gasteiger partial charge in [-0.05, 0) is 43.4 Å². The SMILES string of the molecule is Cc1cc2ccc(N)cc2n(C(=O)C2CC2)c1=O. The number of benzene rings is 1. The van der Waals surface area contributed by atoms with Gasteiger partial charge < -0.3 is 5.73 Å². The molecule has 0 radical (unpaired) electrons. The maximum absolute atomic E-state index is 12.2. The summed E-state index contributed by atoms with van der Waals surface area (Å²) in [6.45, 7) is 1.73. The van der Waals surface area contributed by atoms with Crippen molar-refractivity contribution in [3.8, 4) is 0 Å². The predicted octanol–water partition coefficient (Wildman–Crippen LogP) is 1.94. The molecule has 3 rings (SSSR count). The van der Waals surface area contributed by atoms with Crippen LogP contribution in [-0.2, 0) is 0 Å². The van der Waals surface area contributed by atoms with Crippen LogP contribution in [0.2, 0.25) is 0 Å². The van der Waals surface area contributed by atoms with Gasteiger partial charge in [0.15, 0.2) is 0 Å². The Bertz CT molecular complexity index is 712. The Labute approximate surface area is 104 Å². The van der Waals surface area contributed by atoms with Gasteiger partial charge >= 0.3 is 0 Å². The highest BCUT2D eigenvalue weighted by Gasteiger charge is 2.32. The maximum atomic E-state index is 12.2. The zero-order valence-electron chi connectivity index (χ0n) is 10.1. The van der Waals surface area contributed by atoms with Crippen molar-refractivity contribution in [3.63, 3.8) is 0 Å². The lowest BCUT2D eigenvalue weighted by molar-refractivity contribution is 0.0887. The van der Waals surface area contributed by atoms with Crippen molar-refractivity contribution >= 4 is 22.5 Å². The number of rotatable bonds is 1. The van der Waals surface area contributed by atoms with Crippen LogP contribution < -0.4 is 11.3 Å². The smallest absolute Gasteiger partial charge is 0.260 e. The molecule has 0 saturated heterocycles. The number of carbonyl (C=O) groups excluding carboxylic acids is 1. The zero-order valence-corrected chi connectivity index (χ0v) is 10.1. The lowest BCUT2D eigenvalue weighted by Gasteiger charge is -2.10. The van der Waals surface area contributed by atoms with Gasteiger partial charge in [-0.3, -0.25) is 9.59 Å². The number of nitrogens with zero attached hydrogens (tertiary/aromatic N) is 1. The standard InChI is InChI=1S/C14H14N2O2/c1-8-6-10-4-5-11(15)7-12(10)16(13(8)17)14(18)9-2-3-9/h4-7,9H,2-3,15H2,1H3. The number of nitrogen functional groups attached to an aromatic ring is 1. The summed E-state index contributed by atoms with van der Waals surface area (Å²) in [5.41, 5.74) is 7.27. The van der Waals surface area contributed by atoms with Gasteiger partial charge in [0, 0.05) is 17.2 Å². The number of pyridine rings is 1. The summed E-state index contributed by atoms with van der Waals surface area (Å²) in [5.74, 6) is -0.0894. The minimum atomic E-state index is -0.231. The Hall–Kier alpha value is -2.10. The fourth-order valence-electron chi connectivity index (χ4n) is 2.19. The Kier molecular flexibility index (Phi) is 2.26. The molecule has 0 unspecified atom stereocenters. The van der Waals surface area contributed by atoms with E-state index in [1.807, 2.05) is 6.07 Å². The fraction of sp³-hybridized carbons (Fsp3) is 0.286. The minimum absolute atomic E-state index is 0.00845. The van der Waals surface area contributed by atoms with E-state index in [-0.39, 0.29) is 17.4 Å². The number of nitrogens with two attached hydrogens (primary N) is 1. The number of carbonyl (C=O) groups is 1. The first kappa shape index (κ1) is 11.0. The summed E-state index contributed by atoms with van der Waals surface area (Å²) in [5, 5.41) is 0.871. The summed E-state index contributed by atoms with van der Waals surface area (Å²) >= 11 is 0. The molecule has 1 aromatic carbocycles. The molecule has 18 heavy (non-hydrogen) atoms. The first-order chi connectivity index (χ1) is 8.58. The second-order valence-electron chi connectivity index (χ2n) is 4.90. The molecule has 2 aromatic rings. The van der Waals surface area contributed by atoms with Crippen molar-refractivity contribution in [2.75, 3.05) is 5.73 Å². The van der Waals surface area contributed by atoms with Gasteiger partial charge in [-0.15, -0.1) is 0 Å². The number of fused-ring (bicyclic) bond motifs is 1. The molecule has 0 aliphatic heterocycles. The van der Waals surface area contributed by atoms with Crippen molar-refractivity contribution in [1.82, 2.24) is 4.57 Å². The Morgan fingerprint density at radius 2 is 2.06 bits per heavy atom. The molecule has 2 N–H and O–H groups in total. The Balaban J connectivity index is 2.38. The quantitative estimate of drug-likeness (QED) is 0.777. The van der Waals surface area contributed by atoms with E-state index in [0.717, 1.165) is 18.2 Å². The van der Waals surface area contributed by atoms with Gasteiger partial charge in [-0.2, -0.15) is 0 Å². The molecule has 1 aromatic heterocycles. The first-order valence-corrected chi connectivity index (χ1v) is 6.04. The molecular weight excluding hydrogens is 228 g/mol. The van der Waals surface area contributed by atoms with Gasteiger partial charge in [0.1, 0.15) is 0 Å². The molecular formula is C14H14N2O2. The highest BCUT2D eigenvalue weighted by Crippen LogP contribution is 2.31. The normalized spacial score (nSPS) is 14.9. The number of hydrogen-bond acceptors (Lipinski definition) is 3. The summed E-state index contributed by atoms with van der Waals surface area (Å²) in [4.78, 5) is 24.4. The van der Waals surface area contributed by atoms with E-state index in [1.54, 1.807) is 25.1 Å². The van der Waals surface area contributed by atoms with Crippen LogP contribution in [0.1, 0.15) is 23.2 Å². The number of hydrogen-bond donors (Lipinski definition) is 1. The molecule has 1 aliphatic rings. The van der Waals surface area contributed by atoms with Crippen molar-refractivity contribution < 1.29 is 4.79 Å². The first-order valence-electron chi connectivity index (χ1n) is 6.04. The van der Waals surface area contributed by atoms with E-state index < -0.39 is 0 Å². The van der Waals surface area contributed by atoms with Gasteiger partial charge in [-0.25, -0.2) is 4.57 Å². The summed E-state index contributed by atoms with van der Waals surface area (Å²) in [6, 6.07) is 7.11. The van der Waals surface area contributed by atoms with Crippen LogP contribution >= 0.6 is 0 Å². The minimum Gasteiger partial charge on any atom is -0.399 e. The highest BCUT2D eigenvalue weighted by molar-refractivity contribution is 5.94. The lowest BCUT2D eigenvalue weighted by Crippen LogP contribution is -2.29. The molecule has 1 fully saturated rings. The lowest BCUT2D eigenvalue weighted by atomic mass is 10.1. The van der Waals surface area contributed by atoms with E-state index in [9.17, 15) is 9.59 Å². The molecule has 1 heterocycles. The number of aromatic nitrogens is 1. The third kappa shape index (κ3) is 1.61. The van der Waals surface area contributed by atoms with Crippen LogP contribution in [0.25, 0.3) is 10.9 Å². The van der Waals surface area contributed by atoms with Crippen molar-refractivity contribution in [3.05, 3.63) is 40.2 Å². The molecule has 0 amide bonds. The second-order valence-corrected chi connectivity index (χ2v) is 4.90. The molecule has 1 saturated carbocycles. The van der Waals surface area contributed by atoms with Crippen LogP contribution in [0.15, 0.2) is 29.1 Å². The summed E-state index contributed by atoms with van der Waals surface area (Å²) in [7, 11) is 0. The van der Waals surface area contributed by atoms with Crippen molar-refractivity contribution in [2.24, 2.45) is 5.92 Å². The van der Waals surface area contributed by atoms with Gasteiger partial charge in [0.05, 0.1) is 5.52 Å². The molecule has 0 bridgehead atoms. The average Bonchev–Trinajstić information content (AvgIpc) is 3.15. The van der Waals surface area contributed by atoms with Crippen LogP contribution in [0.5, 0.6) is 0 Å². The van der Waals surface area contributed by atoms with Crippen LogP contribution in [0, 0.1) is 12.8 Å². The summed E-state index contributed by atoms with van der Waals surface area (Å²) in [6.07, 6.45) is 1.76. The van der Waals surface area contributed by atoms with E-state index in [1.165, 1.54) is 4.57 Å². The van der Waals surface area contributed by atoms with E-state index >= 15 is 0 Å². The van der Waals surface area contributed by atoms with Crippen molar-refractivity contribution in [2.45, 2.75) is 19.8 Å². The molecule has 92 valence electrons. The van der Waals surface area contributed by atoms with E-state index in [2.05, 4.69) is 0 Å². The summed E-state index contributed by atoms with van der Waals surface area (Å²) < 4.78 is 1.29. The average molecular weight is 242 g/mol. The Morgan fingerprint density at radius 3 is 2.72 bits per heavy atom. The van der Waals surface area contributed by atoms with Gasteiger partial charge in [0.25, 0.3) is 5.56 Å². The maximum Gasteiger partial charge on any atom is 0.260 e. The van der Waals surface area contributed by atoms with E-state index in [0.29, 0.717) is 16.8 Å². The number of anilines is 1. The largest absolute Gasteiger partial charge is 0.399 e. The zero-order chi connectivity index (χ0) is 12.9. The topological polar surface area (TPSA) is 65.1 Å². The van der Waals surface area contributed by atoms with Crippen molar-refractivity contribution in [1.29, 1.82) is 0 Å². The monoisotopic (exact) mass is 242 g/mol. The van der Waals surface area contributed by atoms with Crippen LogP contribution in [-0.4, -0.2) is 10.5 Å². The van der Waals surface area contributed by atoms with E-state index in [4.69, 9.17) is 5.73 Å². The number of aryl methyl sites for hydroxylation is 1. The van der Waals surface area contributed by atoms with Crippen LogP contribution in [0.3, 0.4) is 0 Å². The molecule has 4 heteroatoms.